The second kappa shape index (κ2) is 10.6. The van der Waals surface area contributed by atoms with E-state index in [1.54, 1.807) is 12.2 Å². The average molecular weight is 530 g/mol. The van der Waals surface area contributed by atoms with Crippen LogP contribution in [0.15, 0.2) is 18.2 Å². The number of urea groups is 1. The number of carboxylic acids is 1. The molecule has 13 nitrogen and oxygen atoms in total. The summed E-state index contributed by atoms with van der Waals surface area (Å²) in [4.78, 5) is 62.3. The summed E-state index contributed by atoms with van der Waals surface area (Å²) in [6, 6.07) is -0.234. The van der Waals surface area contributed by atoms with E-state index in [4.69, 9.17) is 4.65 Å². The normalized spacial score (nSPS) is 19.5. The number of benzene rings is 1. The number of amides is 5. The number of fused-ring (bicyclic) bond motifs is 1. The molecule has 1 aromatic rings. The van der Waals surface area contributed by atoms with Gasteiger partial charge in [0, 0.05) is 19.6 Å². The molecule has 0 radical (unpaired) electrons. The van der Waals surface area contributed by atoms with Crippen LogP contribution in [0.25, 0.3) is 0 Å². The van der Waals surface area contributed by atoms with E-state index in [2.05, 4.69) is 0 Å². The number of alkyl halides is 3. The molecule has 3 atom stereocenters. The minimum atomic E-state index is -5.39. The molecule has 1 fully saturated rings. The third kappa shape index (κ3) is 5.77. The number of para-hydroxylation sites is 1. The summed E-state index contributed by atoms with van der Waals surface area (Å²) in [6.45, 7) is 1.28. The van der Waals surface area contributed by atoms with E-state index < -0.39 is 61.1 Å². The first-order chi connectivity index (χ1) is 17.3. The number of aliphatic hydroxyl groups excluding tert-OH is 1. The SMILES string of the molecule is CCN1CCN(C(=O)N[C@H](C(=O)N[C@H]2Cc3cccc(C(=O)O)c3OB2O)[C@H](O)C(F)(F)F)C(=O)C1=O. The maximum absolute atomic E-state index is 13.3. The molecule has 1 saturated heterocycles. The summed E-state index contributed by atoms with van der Waals surface area (Å²) in [6.07, 6.45) is -9.08. The standard InChI is InChI=1S/C20H22BF3N4O9/c1-2-27-6-7-28(17(32)16(27)31)19(35)26-12(14(29)20(22,23)24)15(30)25-11-8-9-4-3-5-10(18(33)34)13(9)37-21(11)36/h3-5,11-12,14,29,36H,2,6-8H2,1H3,(H,25,30)(H,26,35)(H,33,34)/t11-,12-,14-/m0/s1. The first kappa shape index (κ1) is 27.7. The van der Waals surface area contributed by atoms with Crippen LogP contribution in [0, 0.1) is 0 Å². The molecule has 2 aliphatic rings. The van der Waals surface area contributed by atoms with Gasteiger partial charge in [-0.3, -0.25) is 19.3 Å². The van der Waals surface area contributed by atoms with Crippen LogP contribution in [0.3, 0.4) is 0 Å². The summed E-state index contributed by atoms with van der Waals surface area (Å²) in [5, 5.41) is 33.0. The Morgan fingerprint density at radius 2 is 1.89 bits per heavy atom. The molecule has 200 valence electrons. The number of hydrogen-bond acceptors (Lipinski definition) is 8. The van der Waals surface area contributed by atoms with Crippen LogP contribution in [0.1, 0.15) is 22.8 Å². The zero-order valence-corrected chi connectivity index (χ0v) is 19.2. The number of carbonyl (C=O) groups is 5. The van der Waals surface area contributed by atoms with Crippen molar-refractivity contribution >= 4 is 36.8 Å². The van der Waals surface area contributed by atoms with E-state index in [9.17, 15) is 52.4 Å². The second-order valence-corrected chi connectivity index (χ2v) is 8.18. The number of hydrogen-bond donors (Lipinski definition) is 5. The molecule has 0 unspecified atom stereocenters. The van der Waals surface area contributed by atoms with E-state index in [0.717, 1.165) is 4.90 Å². The van der Waals surface area contributed by atoms with Gasteiger partial charge in [0.2, 0.25) is 5.91 Å². The zero-order valence-electron chi connectivity index (χ0n) is 19.2. The van der Waals surface area contributed by atoms with E-state index in [0.29, 0.717) is 4.90 Å². The van der Waals surface area contributed by atoms with Crippen LogP contribution in [0.2, 0.25) is 0 Å². The van der Waals surface area contributed by atoms with Crippen molar-refractivity contribution in [2.75, 3.05) is 19.6 Å². The molecule has 0 bridgehead atoms. The molecule has 0 aromatic heterocycles. The van der Waals surface area contributed by atoms with Gasteiger partial charge in [-0.1, -0.05) is 12.1 Å². The largest absolute Gasteiger partial charge is 0.547 e. The average Bonchev–Trinajstić information content (AvgIpc) is 2.82. The van der Waals surface area contributed by atoms with Crippen LogP contribution in [0.4, 0.5) is 18.0 Å². The Hall–Kier alpha value is -3.86. The maximum Gasteiger partial charge on any atom is 0.547 e. The number of aromatic carboxylic acids is 1. The highest BCUT2D eigenvalue weighted by molar-refractivity contribution is 6.47. The van der Waals surface area contributed by atoms with Gasteiger partial charge in [-0.2, -0.15) is 13.2 Å². The molecule has 2 heterocycles. The van der Waals surface area contributed by atoms with E-state index in [-0.39, 0.29) is 42.9 Å². The first-order valence-corrected chi connectivity index (χ1v) is 10.9. The van der Waals surface area contributed by atoms with Crippen molar-refractivity contribution in [1.29, 1.82) is 0 Å². The van der Waals surface area contributed by atoms with Crippen molar-refractivity contribution in [3.05, 3.63) is 29.3 Å². The van der Waals surface area contributed by atoms with Gasteiger partial charge in [0.05, 0.1) is 11.5 Å². The van der Waals surface area contributed by atoms with Crippen LogP contribution in [-0.2, 0) is 20.8 Å². The van der Waals surface area contributed by atoms with Gasteiger partial charge in [0.15, 0.2) is 6.10 Å². The Bertz CT molecular complexity index is 1120. The lowest BCUT2D eigenvalue weighted by atomic mass is 9.72. The van der Waals surface area contributed by atoms with Crippen LogP contribution in [0.5, 0.6) is 5.75 Å². The van der Waals surface area contributed by atoms with E-state index in [1.807, 2.05) is 5.32 Å². The predicted octanol–water partition coefficient (Wildman–Crippen LogP) is -1.48. The van der Waals surface area contributed by atoms with Crippen molar-refractivity contribution in [1.82, 2.24) is 20.4 Å². The molecule has 17 heteroatoms. The highest BCUT2D eigenvalue weighted by atomic mass is 19.4. The number of halogens is 3. The summed E-state index contributed by atoms with van der Waals surface area (Å²) in [5.74, 6) is -6.94. The minimum absolute atomic E-state index is 0.0868. The smallest absolute Gasteiger partial charge is 0.534 e. The van der Waals surface area contributed by atoms with Gasteiger partial charge < -0.3 is 35.4 Å². The molecule has 5 N–H and O–H groups in total. The number of likely N-dealkylation sites (N-methyl/N-ethyl adjacent to an activating group) is 1. The van der Waals surface area contributed by atoms with Crippen LogP contribution < -0.4 is 15.3 Å². The lowest BCUT2D eigenvalue weighted by Crippen LogP contribution is -2.65. The monoisotopic (exact) mass is 530 g/mol. The summed E-state index contributed by atoms with van der Waals surface area (Å²) in [5.41, 5.74) is -0.0771. The topological polar surface area (TPSA) is 186 Å². The molecular formula is C20H22BF3N4O9. The molecule has 0 saturated carbocycles. The quantitative estimate of drug-likeness (QED) is 0.216. The Labute approximate surface area is 207 Å². The number of nitrogens with zero attached hydrogens (tertiary/aromatic N) is 2. The third-order valence-electron chi connectivity index (χ3n) is 5.83. The van der Waals surface area contributed by atoms with Gasteiger partial charge in [-0.25, -0.2) is 9.59 Å². The first-order valence-electron chi connectivity index (χ1n) is 10.9. The molecule has 5 amide bonds. The Morgan fingerprint density at radius 3 is 2.49 bits per heavy atom. The third-order valence-corrected chi connectivity index (χ3v) is 5.83. The molecular weight excluding hydrogens is 508 g/mol. The summed E-state index contributed by atoms with van der Waals surface area (Å²) in [7, 11) is -1.89. The van der Waals surface area contributed by atoms with E-state index in [1.165, 1.54) is 18.2 Å². The number of imide groups is 1. The molecule has 0 aliphatic carbocycles. The lowest BCUT2D eigenvalue weighted by molar-refractivity contribution is -0.211. The fraction of sp³-hybridized carbons (Fsp3) is 0.450. The Kier molecular flexibility index (Phi) is 7.97. The maximum atomic E-state index is 13.3. The van der Waals surface area contributed by atoms with Gasteiger partial charge in [0.25, 0.3) is 0 Å². The van der Waals surface area contributed by atoms with E-state index >= 15 is 0 Å². The van der Waals surface area contributed by atoms with Crippen molar-refractivity contribution in [3.8, 4) is 5.75 Å². The molecule has 0 spiro atoms. The van der Waals surface area contributed by atoms with Crippen LogP contribution in [-0.4, -0.2) is 106 Å². The minimum Gasteiger partial charge on any atom is -0.534 e. The predicted molar refractivity (Wildman–Crippen MR) is 116 cm³/mol. The summed E-state index contributed by atoms with van der Waals surface area (Å²) < 4.78 is 45.1. The molecule has 37 heavy (non-hydrogen) atoms. The molecule has 2 aliphatic heterocycles. The number of carbonyl (C=O) groups excluding carboxylic acids is 4. The number of aliphatic hydroxyl groups is 1. The highest BCUT2D eigenvalue weighted by Crippen LogP contribution is 2.30. The van der Waals surface area contributed by atoms with Crippen LogP contribution >= 0.6 is 0 Å². The molecule has 1 aromatic carbocycles. The van der Waals surface area contributed by atoms with Crippen molar-refractivity contribution in [3.63, 3.8) is 0 Å². The van der Waals surface area contributed by atoms with Gasteiger partial charge in [-0.15, -0.1) is 0 Å². The number of rotatable bonds is 6. The second-order valence-electron chi connectivity index (χ2n) is 8.18. The van der Waals surface area contributed by atoms with Gasteiger partial charge in [-0.05, 0) is 25.0 Å². The fourth-order valence-electron chi connectivity index (χ4n) is 3.85. The highest BCUT2D eigenvalue weighted by Gasteiger charge is 2.49. The molecule has 3 rings (SSSR count). The number of nitrogens with one attached hydrogen (secondary N) is 2. The van der Waals surface area contributed by atoms with Crippen molar-refractivity contribution in [2.45, 2.75) is 37.6 Å². The number of carboxylic acid groups (broad SMARTS) is 1. The summed E-state index contributed by atoms with van der Waals surface area (Å²) >= 11 is 0. The van der Waals surface area contributed by atoms with Gasteiger partial charge >= 0.3 is 37.1 Å². The van der Waals surface area contributed by atoms with Gasteiger partial charge in [0.1, 0.15) is 11.8 Å². The van der Waals surface area contributed by atoms with Crippen molar-refractivity contribution in [2.24, 2.45) is 0 Å². The number of piperazine rings is 1. The zero-order chi connectivity index (χ0) is 27.7. The van der Waals surface area contributed by atoms with Crippen molar-refractivity contribution < 1.29 is 57.0 Å². The Morgan fingerprint density at radius 1 is 1.22 bits per heavy atom. The Balaban J connectivity index is 1.79. The fourth-order valence-corrected chi connectivity index (χ4v) is 3.85. The lowest BCUT2D eigenvalue weighted by Gasteiger charge is -2.34.